The lowest BCUT2D eigenvalue weighted by atomic mass is 9.99. The fraction of sp³-hybridized carbons (Fsp3) is 0.462. The van der Waals surface area contributed by atoms with Crippen molar-refractivity contribution in [1.29, 1.82) is 0 Å². The average molecular weight is 224 g/mol. The second kappa shape index (κ2) is 5.10. The molecule has 0 saturated carbocycles. The van der Waals surface area contributed by atoms with Crippen molar-refractivity contribution in [1.82, 2.24) is 0 Å². The molecule has 0 atom stereocenters. The van der Waals surface area contributed by atoms with Crippen LogP contribution in [0.25, 0.3) is 0 Å². The largest absolute Gasteiger partial charge is 0.462 e. The maximum absolute atomic E-state index is 12.2. The Labute approximate surface area is 95.4 Å². The molecule has 3 heteroatoms. The number of hydrogen-bond donors (Lipinski definition) is 0. The smallest absolute Gasteiger partial charge is 0.338 e. The van der Waals surface area contributed by atoms with Crippen LogP contribution in [-0.4, -0.2) is 12.6 Å². The summed E-state index contributed by atoms with van der Waals surface area (Å²) in [6.45, 7) is 5.83. The van der Waals surface area contributed by atoms with Gasteiger partial charge in [0.2, 0.25) is 0 Å². The molecule has 0 N–H and O–H groups in total. The third kappa shape index (κ3) is 4.01. The molecule has 0 unspecified atom stereocenters. The van der Waals surface area contributed by atoms with Gasteiger partial charge in [0.25, 0.3) is 0 Å². The van der Waals surface area contributed by atoms with Gasteiger partial charge in [-0.15, -0.1) is 0 Å². The molecule has 88 valence electrons. The highest BCUT2D eigenvalue weighted by Crippen LogP contribution is 2.14. The highest BCUT2D eigenvalue weighted by atomic mass is 19.1. The van der Waals surface area contributed by atoms with Gasteiger partial charge in [-0.25, -0.2) is 9.18 Å². The standard InChI is InChI=1S/C13H17FO2/c1-13(2,3)9-16-12(15)11-6-4-10(8-14)5-7-11/h4-7H,8-9H2,1-3H3. The molecule has 0 heterocycles. The number of rotatable bonds is 3. The molecule has 1 rings (SSSR count). The summed E-state index contributed by atoms with van der Waals surface area (Å²) in [5.41, 5.74) is 0.975. The van der Waals surface area contributed by atoms with Crippen molar-refractivity contribution in [3.63, 3.8) is 0 Å². The lowest BCUT2D eigenvalue weighted by Gasteiger charge is -2.17. The minimum Gasteiger partial charge on any atom is -0.462 e. The molecule has 0 spiro atoms. The van der Waals surface area contributed by atoms with Gasteiger partial charge in [0.15, 0.2) is 0 Å². The first-order chi connectivity index (χ1) is 7.42. The monoisotopic (exact) mass is 224 g/mol. The Morgan fingerprint density at radius 2 is 1.81 bits per heavy atom. The third-order valence-corrected chi connectivity index (χ3v) is 1.98. The van der Waals surface area contributed by atoms with E-state index in [0.29, 0.717) is 17.7 Å². The van der Waals surface area contributed by atoms with Crippen LogP contribution in [0.3, 0.4) is 0 Å². The Hall–Kier alpha value is -1.38. The molecule has 0 radical (unpaired) electrons. The maximum atomic E-state index is 12.2. The Bertz CT molecular complexity index is 349. The Morgan fingerprint density at radius 3 is 2.25 bits per heavy atom. The molecular formula is C13H17FO2. The van der Waals surface area contributed by atoms with Crippen LogP contribution in [0.4, 0.5) is 4.39 Å². The van der Waals surface area contributed by atoms with E-state index in [2.05, 4.69) is 0 Å². The van der Waals surface area contributed by atoms with E-state index in [1.165, 1.54) is 0 Å². The first kappa shape index (κ1) is 12.7. The van der Waals surface area contributed by atoms with Crippen molar-refractivity contribution in [2.45, 2.75) is 27.4 Å². The topological polar surface area (TPSA) is 26.3 Å². The van der Waals surface area contributed by atoms with Crippen molar-refractivity contribution in [3.05, 3.63) is 35.4 Å². The summed E-state index contributed by atoms with van der Waals surface area (Å²) in [5.74, 6) is -0.361. The highest BCUT2D eigenvalue weighted by molar-refractivity contribution is 5.89. The first-order valence-corrected chi connectivity index (χ1v) is 5.24. The molecule has 0 aliphatic rings. The van der Waals surface area contributed by atoms with Crippen LogP contribution in [0.15, 0.2) is 24.3 Å². The summed E-state index contributed by atoms with van der Waals surface area (Å²) in [4.78, 5) is 11.6. The average Bonchev–Trinajstić information content (AvgIpc) is 2.25. The van der Waals surface area contributed by atoms with E-state index >= 15 is 0 Å². The molecule has 0 bridgehead atoms. The summed E-state index contributed by atoms with van der Waals surface area (Å²) in [7, 11) is 0. The zero-order valence-corrected chi connectivity index (χ0v) is 9.92. The van der Waals surface area contributed by atoms with Crippen molar-refractivity contribution < 1.29 is 13.9 Å². The van der Waals surface area contributed by atoms with Crippen LogP contribution in [0.1, 0.15) is 36.7 Å². The van der Waals surface area contributed by atoms with Crippen LogP contribution in [0.2, 0.25) is 0 Å². The van der Waals surface area contributed by atoms with E-state index in [1.54, 1.807) is 24.3 Å². The van der Waals surface area contributed by atoms with E-state index in [1.807, 2.05) is 20.8 Å². The molecule has 0 fully saturated rings. The van der Waals surface area contributed by atoms with E-state index in [0.717, 1.165) is 0 Å². The minimum atomic E-state index is -0.517. The molecule has 0 aliphatic heterocycles. The van der Waals surface area contributed by atoms with Crippen LogP contribution < -0.4 is 0 Å². The van der Waals surface area contributed by atoms with Crippen molar-refractivity contribution in [2.75, 3.05) is 6.61 Å². The van der Waals surface area contributed by atoms with Gasteiger partial charge in [0.05, 0.1) is 12.2 Å². The molecule has 0 aromatic heterocycles. The van der Waals surface area contributed by atoms with E-state index in [-0.39, 0.29) is 11.4 Å². The molecule has 0 amide bonds. The SMILES string of the molecule is CC(C)(C)COC(=O)c1ccc(CF)cc1. The molecular weight excluding hydrogens is 207 g/mol. The van der Waals surface area contributed by atoms with Gasteiger partial charge in [-0.3, -0.25) is 0 Å². The quantitative estimate of drug-likeness (QED) is 0.736. The van der Waals surface area contributed by atoms with Gasteiger partial charge >= 0.3 is 5.97 Å². The summed E-state index contributed by atoms with van der Waals surface area (Å²) in [5, 5.41) is 0. The minimum absolute atomic E-state index is 0.0471. The van der Waals surface area contributed by atoms with Crippen LogP contribution in [-0.2, 0) is 11.4 Å². The fourth-order valence-electron chi connectivity index (χ4n) is 1.10. The summed E-state index contributed by atoms with van der Waals surface area (Å²) in [6, 6.07) is 6.35. The Morgan fingerprint density at radius 1 is 1.25 bits per heavy atom. The number of esters is 1. The molecule has 0 saturated heterocycles. The second-order valence-electron chi connectivity index (χ2n) is 4.97. The van der Waals surface area contributed by atoms with Crippen LogP contribution in [0, 0.1) is 5.41 Å². The lowest BCUT2D eigenvalue weighted by molar-refractivity contribution is 0.0367. The summed E-state index contributed by atoms with van der Waals surface area (Å²) >= 11 is 0. The van der Waals surface area contributed by atoms with Gasteiger partial charge < -0.3 is 4.74 Å². The predicted octanol–water partition coefficient (Wildman–Crippen LogP) is 3.36. The molecule has 1 aromatic rings. The maximum Gasteiger partial charge on any atom is 0.338 e. The normalized spacial score (nSPS) is 11.2. The first-order valence-electron chi connectivity index (χ1n) is 5.24. The van der Waals surface area contributed by atoms with Crippen molar-refractivity contribution >= 4 is 5.97 Å². The van der Waals surface area contributed by atoms with Gasteiger partial charge in [-0.1, -0.05) is 32.9 Å². The van der Waals surface area contributed by atoms with E-state index < -0.39 is 6.67 Å². The number of ether oxygens (including phenoxy) is 1. The Balaban J connectivity index is 2.59. The fourth-order valence-corrected chi connectivity index (χ4v) is 1.10. The lowest BCUT2D eigenvalue weighted by Crippen LogP contribution is -2.18. The van der Waals surface area contributed by atoms with Gasteiger partial charge in [-0.05, 0) is 23.1 Å². The second-order valence-corrected chi connectivity index (χ2v) is 4.97. The van der Waals surface area contributed by atoms with Gasteiger partial charge in [0, 0.05) is 0 Å². The summed E-state index contributed by atoms with van der Waals surface area (Å²) < 4.78 is 17.4. The van der Waals surface area contributed by atoms with E-state index in [9.17, 15) is 9.18 Å². The molecule has 16 heavy (non-hydrogen) atoms. The number of hydrogen-bond acceptors (Lipinski definition) is 2. The zero-order valence-electron chi connectivity index (χ0n) is 9.92. The predicted molar refractivity (Wildman–Crippen MR) is 61.0 cm³/mol. The van der Waals surface area contributed by atoms with Crippen LogP contribution in [0.5, 0.6) is 0 Å². The highest BCUT2D eigenvalue weighted by Gasteiger charge is 2.14. The number of benzene rings is 1. The van der Waals surface area contributed by atoms with Crippen molar-refractivity contribution in [3.8, 4) is 0 Å². The Kier molecular flexibility index (Phi) is 4.05. The van der Waals surface area contributed by atoms with E-state index in [4.69, 9.17) is 4.74 Å². The number of carbonyl (C=O) groups excluding carboxylic acids is 1. The van der Waals surface area contributed by atoms with Crippen LogP contribution >= 0.6 is 0 Å². The third-order valence-electron chi connectivity index (χ3n) is 1.98. The van der Waals surface area contributed by atoms with Gasteiger partial charge in [0.1, 0.15) is 6.67 Å². The zero-order chi connectivity index (χ0) is 12.2. The number of halogens is 1. The molecule has 2 nitrogen and oxygen atoms in total. The summed E-state index contributed by atoms with van der Waals surface area (Å²) in [6.07, 6.45) is 0. The number of alkyl halides is 1. The molecule has 0 aliphatic carbocycles. The van der Waals surface area contributed by atoms with Gasteiger partial charge in [-0.2, -0.15) is 0 Å². The number of carbonyl (C=O) groups is 1. The van der Waals surface area contributed by atoms with Crippen molar-refractivity contribution in [2.24, 2.45) is 5.41 Å². The molecule has 1 aromatic carbocycles.